The van der Waals surface area contributed by atoms with Gasteiger partial charge < -0.3 is 5.32 Å². The number of aryl methyl sites for hydroxylation is 1. The molecule has 2 heterocycles. The van der Waals surface area contributed by atoms with E-state index in [9.17, 15) is 9.18 Å². The van der Waals surface area contributed by atoms with Crippen molar-refractivity contribution in [2.75, 3.05) is 5.32 Å². The van der Waals surface area contributed by atoms with E-state index in [4.69, 9.17) is 0 Å². The number of thiophene rings is 1. The Hall–Kier alpha value is -1.57. The topological polar surface area (TPSA) is 42.0 Å². The fourth-order valence-corrected chi connectivity index (χ4v) is 3.89. The number of aromatic nitrogens is 1. The summed E-state index contributed by atoms with van der Waals surface area (Å²) in [6.07, 6.45) is 0. The Labute approximate surface area is 143 Å². The van der Waals surface area contributed by atoms with Crippen LogP contribution in [0.1, 0.15) is 15.4 Å². The summed E-state index contributed by atoms with van der Waals surface area (Å²) in [5.41, 5.74) is 0.420. The molecule has 7 heteroatoms. The Kier molecular flexibility index (Phi) is 4.37. The summed E-state index contributed by atoms with van der Waals surface area (Å²) < 4.78 is 14.4. The normalized spacial score (nSPS) is 10.7. The van der Waals surface area contributed by atoms with Crippen molar-refractivity contribution < 1.29 is 9.18 Å². The number of hydrogen-bond donors (Lipinski definition) is 1. The van der Waals surface area contributed by atoms with Gasteiger partial charge in [-0.2, -0.15) is 0 Å². The van der Waals surface area contributed by atoms with Gasteiger partial charge in [-0.05, 0) is 37.3 Å². The minimum atomic E-state index is -0.493. The Balaban J connectivity index is 1.79. The lowest BCUT2D eigenvalue weighted by molar-refractivity contribution is 0.102. The molecule has 0 aliphatic rings. The van der Waals surface area contributed by atoms with Crippen molar-refractivity contribution in [3.8, 4) is 9.88 Å². The van der Waals surface area contributed by atoms with Gasteiger partial charge in [0.25, 0.3) is 5.91 Å². The second-order valence-electron chi connectivity index (χ2n) is 4.53. The lowest BCUT2D eigenvalue weighted by Gasteiger charge is -2.04. The van der Waals surface area contributed by atoms with Crippen LogP contribution in [0.2, 0.25) is 0 Å². The predicted octanol–water partition coefficient (Wildman–Crippen LogP) is 5.33. The van der Waals surface area contributed by atoms with Gasteiger partial charge in [-0.3, -0.25) is 4.79 Å². The Bertz CT molecular complexity index is 844. The lowest BCUT2D eigenvalue weighted by atomic mass is 10.3. The molecule has 3 aromatic rings. The summed E-state index contributed by atoms with van der Waals surface area (Å²) in [6.45, 7) is 2.02. The first-order chi connectivity index (χ1) is 10.5. The van der Waals surface area contributed by atoms with E-state index in [1.165, 1.54) is 28.3 Å². The molecule has 0 aliphatic carbocycles. The number of rotatable bonds is 3. The van der Waals surface area contributed by atoms with Crippen molar-refractivity contribution in [3.63, 3.8) is 0 Å². The van der Waals surface area contributed by atoms with Crippen LogP contribution in [0.3, 0.4) is 0 Å². The fourth-order valence-electron chi connectivity index (χ4n) is 1.82. The van der Waals surface area contributed by atoms with Crippen LogP contribution in [0.5, 0.6) is 0 Å². The zero-order valence-corrected chi connectivity index (χ0v) is 14.6. The van der Waals surface area contributed by atoms with Crippen LogP contribution in [0, 0.1) is 12.7 Å². The zero-order chi connectivity index (χ0) is 15.7. The molecule has 0 radical (unpaired) electrons. The Morgan fingerprint density at radius 2 is 2.14 bits per heavy atom. The summed E-state index contributed by atoms with van der Waals surface area (Å²) in [7, 11) is 0. The third kappa shape index (κ3) is 3.26. The molecule has 0 atom stereocenters. The number of carbonyl (C=O) groups excluding carboxylic acids is 1. The van der Waals surface area contributed by atoms with E-state index in [1.54, 1.807) is 22.8 Å². The van der Waals surface area contributed by atoms with Crippen LogP contribution in [0.4, 0.5) is 10.1 Å². The number of anilines is 1. The highest BCUT2D eigenvalue weighted by Crippen LogP contribution is 2.30. The minimum Gasteiger partial charge on any atom is -0.318 e. The number of hydrogen-bond acceptors (Lipinski definition) is 4. The molecule has 0 saturated carbocycles. The number of nitrogens with zero attached hydrogens (tertiary/aromatic N) is 1. The van der Waals surface area contributed by atoms with Crippen molar-refractivity contribution in [2.45, 2.75) is 6.92 Å². The molecule has 2 aromatic heterocycles. The van der Waals surface area contributed by atoms with Crippen LogP contribution in [-0.2, 0) is 0 Å². The number of carbonyl (C=O) groups is 1. The third-order valence-electron chi connectivity index (χ3n) is 2.87. The van der Waals surface area contributed by atoms with Gasteiger partial charge in [0.05, 0.1) is 10.6 Å². The molecule has 0 unspecified atom stereocenters. The third-order valence-corrected chi connectivity index (χ3v) is 5.37. The van der Waals surface area contributed by atoms with Gasteiger partial charge in [-0.1, -0.05) is 15.9 Å². The van der Waals surface area contributed by atoms with Crippen LogP contribution >= 0.6 is 38.6 Å². The molecule has 22 heavy (non-hydrogen) atoms. The Morgan fingerprint density at radius 3 is 2.82 bits per heavy atom. The van der Waals surface area contributed by atoms with E-state index in [0.29, 0.717) is 4.47 Å². The zero-order valence-electron chi connectivity index (χ0n) is 11.4. The van der Waals surface area contributed by atoms with E-state index in [-0.39, 0.29) is 11.4 Å². The molecule has 0 bridgehead atoms. The molecule has 0 saturated heterocycles. The number of nitrogens with one attached hydrogen (secondary N) is 1. The van der Waals surface area contributed by atoms with E-state index in [0.717, 1.165) is 9.88 Å². The number of benzene rings is 1. The molecule has 3 nitrogen and oxygen atoms in total. The average molecular weight is 397 g/mol. The smallest absolute Gasteiger partial charge is 0.275 e. The van der Waals surface area contributed by atoms with Crippen LogP contribution < -0.4 is 5.32 Å². The summed E-state index contributed by atoms with van der Waals surface area (Å²) in [5.74, 6) is -0.913. The predicted molar refractivity (Wildman–Crippen MR) is 92.2 cm³/mol. The molecule has 0 aliphatic heterocycles. The molecule has 0 spiro atoms. The first-order valence-electron chi connectivity index (χ1n) is 6.31. The maximum atomic E-state index is 13.7. The highest BCUT2D eigenvalue weighted by molar-refractivity contribution is 9.10. The number of halogens is 2. The molecule has 112 valence electrons. The van der Waals surface area contributed by atoms with E-state index in [1.807, 2.05) is 19.1 Å². The molecular weight excluding hydrogens is 387 g/mol. The summed E-state index contributed by atoms with van der Waals surface area (Å²) in [5, 5.41) is 5.00. The van der Waals surface area contributed by atoms with Crippen molar-refractivity contribution >= 4 is 50.2 Å². The van der Waals surface area contributed by atoms with Crippen LogP contribution in [0.15, 0.2) is 40.2 Å². The first kappa shape index (κ1) is 15.3. The standard InChI is InChI=1S/C15H10BrFN2OS2/c1-8-2-5-13(22-8)15-19-12(7-21-15)14(20)18-11-4-3-9(16)6-10(11)17/h2-7H,1H3,(H,18,20). The molecule has 1 N–H and O–H groups in total. The average Bonchev–Trinajstić information content (AvgIpc) is 3.10. The van der Waals surface area contributed by atoms with E-state index >= 15 is 0 Å². The fraction of sp³-hybridized carbons (Fsp3) is 0.0667. The largest absolute Gasteiger partial charge is 0.318 e. The molecular formula is C15H10BrFN2OS2. The van der Waals surface area contributed by atoms with Crippen LogP contribution in [-0.4, -0.2) is 10.9 Å². The van der Waals surface area contributed by atoms with Gasteiger partial charge in [0, 0.05) is 14.7 Å². The van der Waals surface area contributed by atoms with E-state index in [2.05, 4.69) is 26.2 Å². The molecule has 1 amide bonds. The van der Waals surface area contributed by atoms with Crippen LogP contribution in [0.25, 0.3) is 9.88 Å². The van der Waals surface area contributed by atoms with Crippen molar-refractivity contribution in [2.24, 2.45) is 0 Å². The molecule has 0 fully saturated rings. The van der Waals surface area contributed by atoms with Gasteiger partial charge >= 0.3 is 0 Å². The summed E-state index contributed by atoms with van der Waals surface area (Å²) in [4.78, 5) is 18.7. The van der Waals surface area contributed by atoms with Crippen molar-refractivity contribution in [1.29, 1.82) is 0 Å². The highest BCUT2D eigenvalue weighted by atomic mass is 79.9. The van der Waals surface area contributed by atoms with Crippen molar-refractivity contribution in [1.82, 2.24) is 4.98 Å². The maximum Gasteiger partial charge on any atom is 0.275 e. The highest BCUT2D eigenvalue weighted by Gasteiger charge is 2.14. The number of amides is 1. The Morgan fingerprint density at radius 1 is 1.32 bits per heavy atom. The summed E-state index contributed by atoms with van der Waals surface area (Å²) in [6, 6.07) is 8.47. The second-order valence-corrected chi connectivity index (χ2v) is 7.59. The first-order valence-corrected chi connectivity index (χ1v) is 8.80. The summed E-state index contributed by atoms with van der Waals surface area (Å²) >= 11 is 6.20. The molecule has 1 aromatic carbocycles. The molecule has 3 rings (SSSR count). The van der Waals surface area contributed by atoms with Gasteiger partial charge in [-0.25, -0.2) is 9.37 Å². The van der Waals surface area contributed by atoms with Gasteiger partial charge in [0.1, 0.15) is 16.5 Å². The quantitative estimate of drug-likeness (QED) is 0.649. The van der Waals surface area contributed by atoms with Gasteiger partial charge in [0.15, 0.2) is 0 Å². The van der Waals surface area contributed by atoms with E-state index < -0.39 is 11.7 Å². The van der Waals surface area contributed by atoms with Gasteiger partial charge in [-0.15, -0.1) is 22.7 Å². The maximum absolute atomic E-state index is 13.7. The monoisotopic (exact) mass is 396 g/mol. The van der Waals surface area contributed by atoms with Crippen molar-refractivity contribution in [3.05, 3.63) is 56.6 Å². The minimum absolute atomic E-state index is 0.134. The van der Waals surface area contributed by atoms with Gasteiger partial charge in [0.2, 0.25) is 0 Å². The number of thiazole rings is 1. The lowest BCUT2D eigenvalue weighted by Crippen LogP contribution is -2.13. The second kappa shape index (κ2) is 6.28. The SMILES string of the molecule is Cc1ccc(-c2nc(C(=O)Nc3ccc(Br)cc3F)cs2)s1.